The van der Waals surface area contributed by atoms with Gasteiger partial charge >= 0.3 is 0 Å². The summed E-state index contributed by atoms with van der Waals surface area (Å²) in [6.45, 7) is 7.71. The number of carbonyl (C=O) groups excluding carboxylic acids is 2. The van der Waals surface area contributed by atoms with Crippen molar-refractivity contribution in [2.45, 2.75) is 72.1 Å². The van der Waals surface area contributed by atoms with Gasteiger partial charge in [0, 0.05) is 50.5 Å². The van der Waals surface area contributed by atoms with Gasteiger partial charge in [-0.2, -0.15) is 0 Å². The number of aryl methyl sites for hydroxylation is 1. The van der Waals surface area contributed by atoms with E-state index < -0.39 is 0 Å². The molecule has 6 heteroatoms. The minimum atomic E-state index is 0.0632. The third kappa shape index (κ3) is 3.61. The highest BCUT2D eigenvalue weighted by Gasteiger charge is 2.61. The molecule has 1 saturated heterocycles. The number of amides is 2. The van der Waals surface area contributed by atoms with Crippen LogP contribution in [0.25, 0.3) is 11.0 Å². The van der Waals surface area contributed by atoms with E-state index >= 15 is 0 Å². The Hall–Kier alpha value is -2.63. The molecular weight excluding hydrogens is 460 g/mol. The van der Waals surface area contributed by atoms with Crippen molar-refractivity contribution in [1.29, 1.82) is 0 Å². The minimum Gasteiger partial charge on any atom is -0.355 e. The number of nitrogens with one attached hydrogen (secondary N) is 1. The Bertz CT molecular complexity index is 1290. The number of nitrogens with zero attached hydrogens (tertiary/aromatic N) is 3. The van der Waals surface area contributed by atoms with E-state index in [1.54, 1.807) is 0 Å². The molecule has 2 aromatic rings. The summed E-state index contributed by atoms with van der Waals surface area (Å²) in [5.74, 6) is 3.42. The smallest absolute Gasteiger partial charge is 0.226 e. The number of imidazole rings is 1. The molecule has 4 aliphatic rings. The largest absolute Gasteiger partial charge is 0.355 e. The fraction of sp³-hybridized carbons (Fsp3) is 0.645. The third-order valence-electron chi connectivity index (χ3n) is 11.2. The average Bonchev–Trinajstić information content (AvgIpc) is 3.38. The van der Waals surface area contributed by atoms with Crippen LogP contribution in [0.3, 0.4) is 0 Å². The molecule has 1 aliphatic heterocycles. The maximum Gasteiger partial charge on any atom is 0.226 e. The normalized spacial score (nSPS) is 35.4. The van der Waals surface area contributed by atoms with Gasteiger partial charge in [0.1, 0.15) is 5.82 Å². The predicted molar refractivity (Wildman–Crippen MR) is 145 cm³/mol. The van der Waals surface area contributed by atoms with Crippen LogP contribution in [-0.4, -0.2) is 39.9 Å². The van der Waals surface area contributed by atoms with Crippen molar-refractivity contribution in [3.63, 3.8) is 0 Å². The van der Waals surface area contributed by atoms with Crippen molar-refractivity contribution in [2.75, 3.05) is 13.6 Å². The average molecular weight is 503 g/mol. The number of aromatic nitrogens is 2. The lowest BCUT2D eigenvalue weighted by atomic mass is 9.48. The molecule has 3 fully saturated rings. The zero-order chi connectivity index (χ0) is 26.1. The van der Waals surface area contributed by atoms with Crippen LogP contribution < -0.4 is 5.32 Å². The summed E-state index contributed by atoms with van der Waals surface area (Å²) in [7, 11) is 4.04. The Morgan fingerprint density at radius 2 is 1.89 bits per heavy atom. The fourth-order valence-corrected chi connectivity index (χ4v) is 9.38. The molecule has 2 heterocycles. The van der Waals surface area contributed by atoms with Crippen molar-refractivity contribution in [3.8, 4) is 0 Å². The second-order valence-corrected chi connectivity index (χ2v) is 12.9. The second kappa shape index (κ2) is 8.71. The Morgan fingerprint density at radius 1 is 1.11 bits per heavy atom. The Balaban J connectivity index is 1.16. The molecule has 0 spiro atoms. The van der Waals surface area contributed by atoms with E-state index in [1.807, 2.05) is 30.1 Å². The van der Waals surface area contributed by atoms with Gasteiger partial charge < -0.3 is 14.8 Å². The van der Waals surface area contributed by atoms with E-state index in [0.717, 1.165) is 61.8 Å². The van der Waals surface area contributed by atoms with Crippen molar-refractivity contribution in [2.24, 2.45) is 41.5 Å². The van der Waals surface area contributed by atoms with Crippen LogP contribution >= 0.6 is 0 Å². The lowest BCUT2D eigenvalue weighted by molar-refractivity contribution is -0.138. The van der Waals surface area contributed by atoms with Gasteiger partial charge in [0.2, 0.25) is 11.8 Å². The number of hydrogen-bond acceptors (Lipinski definition) is 3. The van der Waals surface area contributed by atoms with Crippen LogP contribution in [0.4, 0.5) is 0 Å². The van der Waals surface area contributed by atoms with Gasteiger partial charge in [-0.15, -0.1) is 0 Å². The van der Waals surface area contributed by atoms with Gasteiger partial charge in [-0.05, 0) is 80.8 Å². The molecule has 6 nitrogen and oxygen atoms in total. The topological polar surface area (TPSA) is 67.2 Å². The van der Waals surface area contributed by atoms with Crippen molar-refractivity contribution in [1.82, 2.24) is 19.8 Å². The first-order chi connectivity index (χ1) is 17.6. The Labute approximate surface area is 220 Å². The van der Waals surface area contributed by atoms with E-state index in [2.05, 4.69) is 43.8 Å². The summed E-state index contributed by atoms with van der Waals surface area (Å²) >= 11 is 0. The number of hydrogen-bond donors (Lipinski definition) is 1. The molecule has 6 atom stereocenters. The number of para-hydroxylation sites is 2. The van der Waals surface area contributed by atoms with E-state index in [-0.39, 0.29) is 28.6 Å². The highest BCUT2D eigenvalue weighted by molar-refractivity contribution is 5.81. The number of piperidine rings is 1. The first-order valence-electron chi connectivity index (χ1n) is 14.3. The van der Waals surface area contributed by atoms with Gasteiger partial charge in [-0.1, -0.05) is 31.6 Å². The molecule has 2 amide bonds. The molecule has 0 unspecified atom stereocenters. The van der Waals surface area contributed by atoms with Crippen LogP contribution in [0.5, 0.6) is 0 Å². The van der Waals surface area contributed by atoms with Gasteiger partial charge in [-0.3, -0.25) is 9.59 Å². The Kier molecular flexibility index (Phi) is 5.81. The lowest BCUT2D eigenvalue weighted by Gasteiger charge is -2.59. The van der Waals surface area contributed by atoms with E-state index in [0.29, 0.717) is 30.7 Å². The highest BCUT2D eigenvalue weighted by atomic mass is 16.2. The minimum absolute atomic E-state index is 0.0632. The molecule has 1 N–H and O–H groups in total. The number of benzene rings is 1. The maximum absolute atomic E-state index is 13.6. The molecule has 3 aliphatic carbocycles. The number of carbonyl (C=O) groups is 2. The summed E-state index contributed by atoms with van der Waals surface area (Å²) in [5.41, 5.74) is 5.00. The van der Waals surface area contributed by atoms with E-state index in [1.165, 1.54) is 11.3 Å². The molecule has 0 bridgehead atoms. The molecule has 0 radical (unpaired) electrons. The van der Waals surface area contributed by atoms with Crippen molar-refractivity contribution in [3.05, 3.63) is 41.4 Å². The van der Waals surface area contributed by atoms with Gasteiger partial charge in [0.25, 0.3) is 0 Å². The first kappa shape index (κ1) is 24.7. The second-order valence-electron chi connectivity index (χ2n) is 12.9. The monoisotopic (exact) mass is 502 g/mol. The molecule has 37 heavy (non-hydrogen) atoms. The highest BCUT2D eigenvalue weighted by Crippen LogP contribution is 2.66. The molecule has 2 saturated carbocycles. The molecule has 6 rings (SSSR count). The first-order valence-corrected chi connectivity index (χ1v) is 14.3. The number of likely N-dealkylation sites (tertiary alicyclic amines) is 1. The predicted octanol–water partition coefficient (Wildman–Crippen LogP) is 5.23. The molecule has 1 aromatic carbocycles. The third-order valence-corrected chi connectivity index (χ3v) is 11.2. The fourth-order valence-electron chi connectivity index (χ4n) is 9.38. The number of fused-ring (bicyclic) bond motifs is 6. The van der Waals surface area contributed by atoms with Crippen LogP contribution in [0.1, 0.15) is 71.5 Å². The lowest BCUT2D eigenvalue weighted by Crippen LogP contribution is -2.55. The van der Waals surface area contributed by atoms with E-state index in [9.17, 15) is 9.59 Å². The van der Waals surface area contributed by atoms with Crippen molar-refractivity contribution < 1.29 is 9.59 Å². The summed E-state index contributed by atoms with van der Waals surface area (Å²) in [5, 5.41) is 3.30. The van der Waals surface area contributed by atoms with Gasteiger partial charge in [0.15, 0.2) is 0 Å². The summed E-state index contributed by atoms with van der Waals surface area (Å²) < 4.78 is 2.14. The van der Waals surface area contributed by atoms with Crippen LogP contribution in [0.15, 0.2) is 35.5 Å². The standard InChI is InChI=1S/C31H42N4O2/c1-19-18-20-21-10-11-23(29(37)32-17-14-26-33-24-8-6-7-9-25(24)34(26)4)30(21,2)15-12-22(20)31(3)16-13-27(36)35(5)28(19)31/h6-9,20-23H,10-18H2,1-5H3,(H,32,37)/t20-,21-,22-,23+,30-,31+/m0/s1. The number of allylic oxidation sites excluding steroid dienone is 2. The molecule has 198 valence electrons. The molecular formula is C31H42N4O2. The van der Waals surface area contributed by atoms with Gasteiger partial charge in [0.05, 0.1) is 11.0 Å². The molecule has 1 aromatic heterocycles. The SMILES string of the molecule is CC1=C2N(C)C(=O)CC[C@]2(C)[C@H]2CC[C@]3(C)[C@@H](C(=O)NCCc4nc5ccccc5n4C)CC[C@H]3[C@@H]2C1. The van der Waals surface area contributed by atoms with Crippen LogP contribution in [-0.2, 0) is 23.1 Å². The zero-order valence-electron chi connectivity index (χ0n) is 23.1. The van der Waals surface area contributed by atoms with Crippen LogP contribution in [0.2, 0.25) is 0 Å². The van der Waals surface area contributed by atoms with Crippen LogP contribution in [0, 0.1) is 34.5 Å². The summed E-state index contributed by atoms with van der Waals surface area (Å²) in [6.07, 6.45) is 7.87. The summed E-state index contributed by atoms with van der Waals surface area (Å²) in [6, 6.07) is 8.19. The Morgan fingerprint density at radius 3 is 2.68 bits per heavy atom. The number of rotatable bonds is 4. The van der Waals surface area contributed by atoms with Crippen molar-refractivity contribution >= 4 is 22.8 Å². The quantitative estimate of drug-likeness (QED) is 0.623. The zero-order valence-corrected chi connectivity index (χ0v) is 23.1. The van der Waals surface area contributed by atoms with E-state index in [4.69, 9.17) is 4.98 Å². The summed E-state index contributed by atoms with van der Waals surface area (Å²) in [4.78, 5) is 32.8. The maximum atomic E-state index is 13.6. The van der Waals surface area contributed by atoms with Gasteiger partial charge in [-0.25, -0.2) is 4.98 Å².